The van der Waals surface area contributed by atoms with Gasteiger partial charge >= 0.3 is 0 Å². The molecule has 3 unspecified atom stereocenters. The number of aliphatic hydroxyl groups excluding tert-OH is 1. The van der Waals surface area contributed by atoms with E-state index in [1.54, 1.807) is 0 Å². The van der Waals surface area contributed by atoms with E-state index in [4.69, 9.17) is 0 Å². The maximum atomic E-state index is 9.29. The van der Waals surface area contributed by atoms with E-state index >= 15 is 0 Å². The molecule has 2 fully saturated rings. The van der Waals surface area contributed by atoms with E-state index in [-0.39, 0.29) is 0 Å². The van der Waals surface area contributed by atoms with Gasteiger partial charge in [-0.15, -0.1) is 0 Å². The fourth-order valence-electron chi connectivity index (χ4n) is 4.01. The first kappa shape index (κ1) is 16.3. The van der Waals surface area contributed by atoms with Crippen LogP contribution in [0.1, 0.15) is 58.3 Å². The average Bonchev–Trinajstić information content (AvgIpc) is 2.90. The molecule has 3 nitrogen and oxygen atoms in total. The second-order valence-corrected chi connectivity index (χ2v) is 7.06. The molecule has 2 aliphatic rings. The quantitative estimate of drug-likeness (QED) is 0.672. The Balaban J connectivity index is 1.45. The molecule has 2 rings (SSSR count). The Kier molecular flexibility index (Phi) is 7.32. The van der Waals surface area contributed by atoms with Gasteiger partial charge in [0, 0.05) is 6.04 Å². The average molecular weight is 282 g/mol. The van der Waals surface area contributed by atoms with Crippen molar-refractivity contribution in [3.05, 3.63) is 0 Å². The predicted molar refractivity (Wildman–Crippen MR) is 84.9 cm³/mol. The molecule has 0 aromatic carbocycles. The molecular weight excluding hydrogens is 248 g/mol. The van der Waals surface area contributed by atoms with Crippen LogP contribution in [0.25, 0.3) is 0 Å². The highest BCUT2D eigenvalue weighted by molar-refractivity contribution is 4.78. The van der Waals surface area contributed by atoms with E-state index in [2.05, 4.69) is 17.1 Å². The molecular formula is C17H34N2O. The van der Waals surface area contributed by atoms with Gasteiger partial charge in [-0.1, -0.05) is 19.8 Å². The summed E-state index contributed by atoms with van der Waals surface area (Å²) in [6.45, 7) is 7.51. The Hall–Kier alpha value is -0.120. The lowest BCUT2D eigenvalue weighted by molar-refractivity contribution is 0.157. The first-order valence-corrected chi connectivity index (χ1v) is 8.85. The lowest BCUT2D eigenvalue weighted by Crippen LogP contribution is -2.33. The number of rotatable bonds is 8. The summed E-state index contributed by atoms with van der Waals surface area (Å²) in [6.07, 6.45) is 10.7. The van der Waals surface area contributed by atoms with Crippen molar-refractivity contribution in [3.8, 4) is 0 Å². The largest absolute Gasteiger partial charge is 0.395 e. The molecule has 0 bridgehead atoms. The summed E-state index contributed by atoms with van der Waals surface area (Å²) >= 11 is 0. The molecule has 1 saturated carbocycles. The van der Waals surface area contributed by atoms with Crippen LogP contribution in [0.4, 0.5) is 0 Å². The van der Waals surface area contributed by atoms with Crippen LogP contribution in [0.2, 0.25) is 0 Å². The maximum absolute atomic E-state index is 9.29. The highest BCUT2D eigenvalue weighted by Gasteiger charge is 2.22. The molecule has 1 aliphatic heterocycles. The van der Waals surface area contributed by atoms with Crippen LogP contribution in [0.15, 0.2) is 0 Å². The highest BCUT2D eigenvalue weighted by atomic mass is 16.3. The second-order valence-electron chi connectivity index (χ2n) is 7.06. The van der Waals surface area contributed by atoms with Crippen LogP contribution in [0, 0.1) is 11.8 Å². The van der Waals surface area contributed by atoms with E-state index < -0.39 is 0 Å². The van der Waals surface area contributed by atoms with E-state index in [1.807, 2.05) is 0 Å². The predicted octanol–water partition coefficient (Wildman–Crippen LogP) is 2.64. The fraction of sp³-hybridized carbons (Fsp3) is 1.00. The van der Waals surface area contributed by atoms with Gasteiger partial charge in [-0.2, -0.15) is 0 Å². The van der Waals surface area contributed by atoms with Crippen molar-refractivity contribution < 1.29 is 5.11 Å². The molecule has 2 N–H and O–H groups in total. The maximum Gasteiger partial charge on any atom is 0.0586 e. The molecule has 1 saturated heterocycles. The van der Waals surface area contributed by atoms with Gasteiger partial charge in [0.05, 0.1) is 6.61 Å². The van der Waals surface area contributed by atoms with Gasteiger partial charge in [0.15, 0.2) is 0 Å². The summed E-state index contributed by atoms with van der Waals surface area (Å²) in [6, 6.07) is 0.451. The zero-order chi connectivity index (χ0) is 14.2. The molecule has 0 spiro atoms. The standard InChI is InChI=1S/C17H34N2O/c1-15-6-4-7-16(12-15)13-18-9-2-3-10-19-11-5-8-17(19)14-20/h15-18,20H,2-14H2,1H3. The number of hydrogen-bond acceptors (Lipinski definition) is 3. The number of nitrogens with zero attached hydrogens (tertiary/aromatic N) is 1. The third kappa shape index (κ3) is 5.34. The van der Waals surface area contributed by atoms with Crippen molar-refractivity contribution in [2.24, 2.45) is 11.8 Å². The molecule has 0 amide bonds. The third-order valence-electron chi connectivity index (χ3n) is 5.24. The van der Waals surface area contributed by atoms with E-state index in [9.17, 15) is 5.11 Å². The summed E-state index contributed by atoms with van der Waals surface area (Å²) in [5, 5.41) is 12.9. The molecule has 0 aromatic rings. The Labute approximate surface area is 125 Å². The summed E-state index contributed by atoms with van der Waals surface area (Å²) < 4.78 is 0. The molecule has 118 valence electrons. The molecule has 0 radical (unpaired) electrons. The Morgan fingerprint density at radius 3 is 2.85 bits per heavy atom. The molecule has 20 heavy (non-hydrogen) atoms. The van der Waals surface area contributed by atoms with Gasteiger partial charge in [0.25, 0.3) is 0 Å². The van der Waals surface area contributed by atoms with Gasteiger partial charge in [0.2, 0.25) is 0 Å². The van der Waals surface area contributed by atoms with Crippen molar-refractivity contribution in [2.75, 3.05) is 32.8 Å². The van der Waals surface area contributed by atoms with E-state index in [0.29, 0.717) is 12.6 Å². The lowest BCUT2D eigenvalue weighted by atomic mass is 9.82. The van der Waals surface area contributed by atoms with Crippen LogP contribution in [0.5, 0.6) is 0 Å². The zero-order valence-corrected chi connectivity index (χ0v) is 13.3. The monoisotopic (exact) mass is 282 g/mol. The Bertz CT molecular complexity index is 259. The lowest BCUT2D eigenvalue weighted by Gasteiger charge is -2.27. The van der Waals surface area contributed by atoms with Crippen LogP contribution in [-0.4, -0.2) is 48.8 Å². The van der Waals surface area contributed by atoms with Crippen LogP contribution in [0.3, 0.4) is 0 Å². The van der Waals surface area contributed by atoms with Crippen LogP contribution in [-0.2, 0) is 0 Å². The highest BCUT2D eigenvalue weighted by Crippen LogP contribution is 2.27. The normalized spacial score (nSPS) is 31.8. The topological polar surface area (TPSA) is 35.5 Å². The summed E-state index contributed by atoms with van der Waals surface area (Å²) in [7, 11) is 0. The SMILES string of the molecule is CC1CCCC(CNCCCCN2CCCC2CO)C1. The Morgan fingerprint density at radius 2 is 2.05 bits per heavy atom. The van der Waals surface area contributed by atoms with Crippen LogP contribution >= 0.6 is 0 Å². The van der Waals surface area contributed by atoms with Gasteiger partial charge in [0.1, 0.15) is 0 Å². The fourth-order valence-corrected chi connectivity index (χ4v) is 4.01. The van der Waals surface area contributed by atoms with Crippen molar-refractivity contribution in [1.82, 2.24) is 10.2 Å². The van der Waals surface area contributed by atoms with Gasteiger partial charge in [-0.3, -0.25) is 4.90 Å². The summed E-state index contributed by atoms with van der Waals surface area (Å²) in [4.78, 5) is 2.48. The van der Waals surface area contributed by atoms with Crippen molar-refractivity contribution in [1.29, 1.82) is 0 Å². The first-order valence-electron chi connectivity index (χ1n) is 8.85. The first-order chi connectivity index (χ1) is 9.79. The number of hydrogen-bond donors (Lipinski definition) is 2. The smallest absolute Gasteiger partial charge is 0.0586 e. The molecule has 3 heteroatoms. The molecule has 3 atom stereocenters. The third-order valence-corrected chi connectivity index (χ3v) is 5.24. The number of aliphatic hydroxyl groups is 1. The molecule has 0 aromatic heterocycles. The number of nitrogens with one attached hydrogen (secondary N) is 1. The summed E-state index contributed by atoms with van der Waals surface area (Å²) in [5.74, 6) is 1.87. The van der Waals surface area contributed by atoms with E-state index in [1.165, 1.54) is 77.5 Å². The van der Waals surface area contributed by atoms with Gasteiger partial charge < -0.3 is 10.4 Å². The van der Waals surface area contributed by atoms with Crippen molar-refractivity contribution in [2.45, 2.75) is 64.3 Å². The molecule has 1 heterocycles. The number of likely N-dealkylation sites (tertiary alicyclic amines) is 1. The molecule has 1 aliphatic carbocycles. The second kappa shape index (κ2) is 9.01. The minimum atomic E-state index is 0.345. The van der Waals surface area contributed by atoms with Gasteiger partial charge in [-0.25, -0.2) is 0 Å². The van der Waals surface area contributed by atoms with Crippen molar-refractivity contribution >= 4 is 0 Å². The summed E-state index contributed by atoms with van der Waals surface area (Å²) in [5.41, 5.74) is 0. The van der Waals surface area contributed by atoms with E-state index in [0.717, 1.165) is 11.8 Å². The van der Waals surface area contributed by atoms with Crippen LogP contribution < -0.4 is 5.32 Å². The Morgan fingerprint density at radius 1 is 1.15 bits per heavy atom. The number of unbranched alkanes of at least 4 members (excludes halogenated alkanes) is 1. The van der Waals surface area contributed by atoms with Gasteiger partial charge in [-0.05, 0) is 76.5 Å². The minimum Gasteiger partial charge on any atom is -0.395 e. The van der Waals surface area contributed by atoms with Crippen molar-refractivity contribution in [3.63, 3.8) is 0 Å². The zero-order valence-electron chi connectivity index (χ0n) is 13.3. The minimum absolute atomic E-state index is 0.345.